The van der Waals surface area contributed by atoms with Crippen LogP contribution in [0.25, 0.3) is 0 Å². The summed E-state index contributed by atoms with van der Waals surface area (Å²) in [7, 11) is 2.00. The highest BCUT2D eigenvalue weighted by Gasteiger charge is 2.35. The third-order valence-electron chi connectivity index (χ3n) is 4.34. The smallest absolute Gasteiger partial charge is 0.308 e. The van der Waals surface area contributed by atoms with E-state index in [4.69, 9.17) is 11.6 Å². The number of halogens is 1. The molecule has 0 aromatic heterocycles. The SMILES string of the molecule is CC1CCC(C(=O)O)C(N(C)Cc2ccccc2Cl)C1. The van der Waals surface area contributed by atoms with Crippen LogP contribution in [0.15, 0.2) is 24.3 Å². The van der Waals surface area contributed by atoms with Crippen molar-refractivity contribution < 1.29 is 9.90 Å². The van der Waals surface area contributed by atoms with Crippen LogP contribution in [0.2, 0.25) is 5.02 Å². The predicted octanol–water partition coefficient (Wildman–Crippen LogP) is 3.66. The first-order valence-electron chi connectivity index (χ1n) is 7.15. The second-order valence-electron chi connectivity index (χ2n) is 5.94. The Labute approximate surface area is 125 Å². The molecule has 0 aliphatic heterocycles. The van der Waals surface area contributed by atoms with Crippen molar-refractivity contribution in [1.29, 1.82) is 0 Å². The second kappa shape index (κ2) is 6.59. The lowest BCUT2D eigenvalue weighted by molar-refractivity contribution is -0.146. The lowest BCUT2D eigenvalue weighted by atomic mass is 9.78. The average molecular weight is 296 g/mol. The van der Waals surface area contributed by atoms with E-state index in [1.807, 2.05) is 31.3 Å². The van der Waals surface area contributed by atoms with Crippen LogP contribution in [0, 0.1) is 11.8 Å². The summed E-state index contributed by atoms with van der Waals surface area (Å²) in [6.45, 7) is 2.90. The van der Waals surface area contributed by atoms with E-state index in [0.717, 1.165) is 29.8 Å². The van der Waals surface area contributed by atoms with Crippen LogP contribution >= 0.6 is 11.6 Å². The Morgan fingerprint density at radius 3 is 2.75 bits per heavy atom. The van der Waals surface area contributed by atoms with Crippen LogP contribution in [-0.2, 0) is 11.3 Å². The van der Waals surface area contributed by atoms with Crippen LogP contribution in [-0.4, -0.2) is 29.1 Å². The van der Waals surface area contributed by atoms with Crippen LogP contribution in [0.1, 0.15) is 31.7 Å². The van der Waals surface area contributed by atoms with Crippen molar-refractivity contribution in [3.63, 3.8) is 0 Å². The zero-order valence-electron chi connectivity index (χ0n) is 12.1. The molecule has 0 heterocycles. The highest BCUT2D eigenvalue weighted by molar-refractivity contribution is 6.31. The first-order chi connectivity index (χ1) is 9.49. The molecular formula is C16H22ClNO2. The first-order valence-corrected chi connectivity index (χ1v) is 7.53. The molecule has 1 aromatic rings. The average Bonchev–Trinajstić information content (AvgIpc) is 2.40. The molecule has 1 saturated carbocycles. The number of carboxylic acid groups (broad SMARTS) is 1. The molecule has 3 nitrogen and oxygen atoms in total. The highest BCUT2D eigenvalue weighted by Crippen LogP contribution is 2.33. The first kappa shape index (κ1) is 15.3. The molecule has 110 valence electrons. The topological polar surface area (TPSA) is 40.5 Å². The molecule has 4 heteroatoms. The molecule has 0 spiro atoms. The number of rotatable bonds is 4. The molecule has 3 atom stereocenters. The van der Waals surface area contributed by atoms with Gasteiger partial charge in [-0.3, -0.25) is 9.69 Å². The molecule has 1 fully saturated rings. The Morgan fingerprint density at radius 1 is 1.40 bits per heavy atom. The normalized spacial score (nSPS) is 26.7. The summed E-state index contributed by atoms with van der Waals surface area (Å²) in [6.07, 6.45) is 2.72. The van der Waals surface area contributed by atoms with Crippen LogP contribution in [0.3, 0.4) is 0 Å². The molecule has 0 radical (unpaired) electrons. The zero-order chi connectivity index (χ0) is 14.7. The zero-order valence-corrected chi connectivity index (χ0v) is 12.8. The molecular weight excluding hydrogens is 274 g/mol. The van der Waals surface area contributed by atoms with E-state index in [-0.39, 0.29) is 12.0 Å². The summed E-state index contributed by atoms with van der Waals surface area (Å²) >= 11 is 6.19. The Balaban J connectivity index is 2.11. The summed E-state index contributed by atoms with van der Waals surface area (Å²) in [5.41, 5.74) is 1.05. The quantitative estimate of drug-likeness (QED) is 0.921. The summed E-state index contributed by atoms with van der Waals surface area (Å²) in [5.74, 6) is -0.351. The minimum Gasteiger partial charge on any atom is -0.481 e. The molecule has 3 unspecified atom stereocenters. The van der Waals surface area contributed by atoms with E-state index in [0.29, 0.717) is 12.5 Å². The van der Waals surface area contributed by atoms with Crippen LogP contribution in [0.4, 0.5) is 0 Å². The van der Waals surface area contributed by atoms with Crippen molar-refractivity contribution >= 4 is 17.6 Å². The summed E-state index contributed by atoms with van der Waals surface area (Å²) in [5, 5.41) is 10.2. The van der Waals surface area contributed by atoms with E-state index < -0.39 is 5.97 Å². The van der Waals surface area contributed by atoms with Gasteiger partial charge >= 0.3 is 5.97 Å². The fraction of sp³-hybridized carbons (Fsp3) is 0.562. The predicted molar refractivity (Wildman–Crippen MR) is 80.8 cm³/mol. The summed E-state index contributed by atoms with van der Waals surface area (Å²) in [6, 6.07) is 7.85. The van der Waals surface area contributed by atoms with Crippen molar-refractivity contribution in [2.75, 3.05) is 7.05 Å². The van der Waals surface area contributed by atoms with E-state index in [1.165, 1.54) is 0 Å². The summed E-state index contributed by atoms with van der Waals surface area (Å²) in [4.78, 5) is 13.6. The molecule has 1 aromatic carbocycles. The fourth-order valence-electron chi connectivity index (χ4n) is 3.14. The molecule has 20 heavy (non-hydrogen) atoms. The maximum Gasteiger partial charge on any atom is 0.308 e. The van der Waals surface area contributed by atoms with Crippen LogP contribution in [0.5, 0.6) is 0 Å². The largest absolute Gasteiger partial charge is 0.481 e. The van der Waals surface area contributed by atoms with Gasteiger partial charge < -0.3 is 5.11 Å². The van der Waals surface area contributed by atoms with Gasteiger partial charge in [0.1, 0.15) is 0 Å². The van der Waals surface area contributed by atoms with Gasteiger partial charge in [0.2, 0.25) is 0 Å². The Hall–Kier alpha value is -1.06. The molecule has 2 rings (SSSR count). The Morgan fingerprint density at radius 2 is 2.10 bits per heavy atom. The number of carbonyl (C=O) groups is 1. The van der Waals surface area contributed by atoms with Crippen molar-refractivity contribution in [1.82, 2.24) is 4.90 Å². The number of hydrogen-bond donors (Lipinski definition) is 1. The lowest BCUT2D eigenvalue weighted by Gasteiger charge is -2.38. The number of nitrogens with zero attached hydrogens (tertiary/aromatic N) is 1. The number of benzene rings is 1. The van der Waals surface area contributed by atoms with E-state index in [2.05, 4.69) is 11.8 Å². The molecule has 1 aliphatic carbocycles. The fourth-order valence-corrected chi connectivity index (χ4v) is 3.33. The third-order valence-corrected chi connectivity index (χ3v) is 4.71. The number of hydrogen-bond acceptors (Lipinski definition) is 2. The molecule has 0 saturated heterocycles. The van der Waals surface area contributed by atoms with E-state index in [1.54, 1.807) is 0 Å². The van der Waals surface area contributed by atoms with Gasteiger partial charge in [-0.1, -0.05) is 36.7 Å². The molecule has 0 bridgehead atoms. The van der Waals surface area contributed by atoms with Crippen molar-refractivity contribution in [3.8, 4) is 0 Å². The number of aliphatic carboxylic acids is 1. The minimum absolute atomic E-state index is 0.0903. The molecule has 0 amide bonds. The third kappa shape index (κ3) is 3.53. The van der Waals surface area contributed by atoms with Gasteiger partial charge in [-0.05, 0) is 43.9 Å². The highest BCUT2D eigenvalue weighted by atomic mass is 35.5. The Kier molecular flexibility index (Phi) is 5.06. The van der Waals surface area contributed by atoms with Crippen molar-refractivity contribution in [2.24, 2.45) is 11.8 Å². The lowest BCUT2D eigenvalue weighted by Crippen LogP contribution is -2.44. The van der Waals surface area contributed by atoms with Gasteiger partial charge in [0, 0.05) is 17.6 Å². The Bertz CT molecular complexity index is 477. The van der Waals surface area contributed by atoms with Gasteiger partial charge in [0.05, 0.1) is 5.92 Å². The minimum atomic E-state index is -0.673. The monoisotopic (exact) mass is 295 g/mol. The van der Waals surface area contributed by atoms with Gasteiger partial charge in [0.25, 0.3) is 0 Å². The van der Waals surface area contributed by atoms with Crippen LogP contribution < -0.4 is 0 Å². The molecule has 1 aliphatic rings. The maximum absolute atomic E-state index is 11.4. The van der Waals surface area contributed by atoms with E-state index in [9.17, 15) is 9.90 Å². The van der Waals surface area contributed by atoms with Gasteiger partial charge in [-0.15, -0.1) is 0 Å². The molecule has 1 N–H and O–H groups in total. The number of carboxylic acids is 1. The van der Waals surface area contributed by atoms with Gasteiger partial charge in [0.15, 0.2) is 0 Å². The maximum atomic E-state index is 11.4. The second-order valence-corrected chi connectivity index (χ2v) is 6.34. The van der Waals surface area contributed by atoms with Gasteiger partial charge in [-0.2, -0.15) is 0 Å². The van der Waals surface area contributed by atoms with Gasteiger partial charge in [-0.25, -0.2) is 0 Å². The van der Waals surface area contributed by atoms with Crippen molar-refractivity contribution in [2.45, 2.75) is 38.8 Å². The standard InChI is InChI=1S/C16H22ClNO2/c1-11-7-8-13(16(19)20)15(9-11)18(2)10-12-5-3-4-6-14(12)17/h3-6,11,13,15H,7-10H2,1-2H3,(H,19,20). The summed E-state index contributed by atoms with van der Waals surface area (Å²) < 4.78 is 0. The van der Waals surface area contributed by atoms with Crippen molar-refractivity contribution in [3.05, 3.63) is 34.9 Å². The van der Waals surface area contributed by atoms with E-state index >= 15 is 0 Å².